The maximum Gasteiger partial charge on any atom is 0.258 e. The third-order valence-corrected chi connectivity index (χ3v) is 5.29. The zero-order valence-electron chi connectivity index (χ0n) is 17.7. The minimum Gasteiger partial charge on any atom is -0.492 e. The standard InChI is InChI=1S/C24H18Cl2FN3O3/c1-3-32-19-12-28-18(22-13(2)7-20(27)29-23(22)26)11-17(19)14-8-15(10-16(25)9-14)24(31)30-21-5-4-6-33-21/h4-12H,3H2,1-2H3,(H,30,31). The van der Waals surface area contributed by atoms with Crippen LogP contribution in [0.2, 0.25) is 10.2 Å². The third kappa shape index (κ3) is 4.99. The summed E-state index contributed by atoms with van der Waals surface area (Å²) in [6.07, 6.45) is 3.01. The molecule has 0 aliphatic heterocycles. The maximum atomic E-state index is 13.6. The number of aromatic nitrogens is 2. The number of carbonyl (C=O) groups excluding carboxylic acids is 1. The van der Waals surface area contributed by atoms with E-state index in [1.54, 1.807) is 49.5 Å². The molecule has 4 aromatic rings. The van der Waals surface area contributed by atoms with Gasteiger partial charge in [-0.2, -0.15) is 4.39 Å². The Kier molecular flexibility index (Phi) is 6.62. The van der Waals surface area contributed by atoms with Crippen LogP contribution in [0.5, 0.6) is 5.75 Å². The number of halogens is 3. The highest BCUT2D eigenvalue weighted by molar-refractivity contribution is 6.32. The van der Waals surface area contributed by atoms with Gasteiger partial charge in [0.2, 0.25) is 5.95 Å². The molecule has 1 amide bonds. The molecule has 3 heterocycles. The first-order chi connectivity index (χ1) is 15.9. The van der Waals surface area contributed by atoms with E-state index in [4.69, 9.17) is 32.4 Å². The minimum atomic E-state index is -0.672. The van der Waals surface area contributed by atoms with Crippen molar-refractivity contribution in [3.63, 3.8) is 0 Å². The van der Waals surface area contributed by atoms with Crippen molar-refractivity contribution in [3.05, 3.63) is 82.2 Å². The van der Waals surface area contributed by atoms with E-state index in [9.17, 15) is 9.18 Å². The number of nitrogens with zero attached hydrogens (tertiary/aromatic N) is 2. The molecular weight excluding hydrogens is 468 g/mol. The summed E-state index contributed by atoms with van der Waals surface area (Å²) in [5.74, 6) is -0.251. The van der Waals surface area contributed by atoms with Crippen LogP contribution in [-0.4, -0.2) is 22.5 Å². The van der Waals surface area contributed by atoms with Crippen LogP contribution in [0.4, 0.5) is 10.3 Å². The normalized spacial score (nSPS) is 10.8. The minimum absolute atomic E-state index is 0.000261. The molecule has 33 heavy (non-hydrogen) atoms. The molecule has 0 fully saturated rings. The number of pyridine rings is 2. The highest BCUT2D eigenvalue weighted by Crippen LogP contribution is 2.37. The number of carbonyl (C=O) groups is 1. The Morgan fingerprint density at radius 1 is 1.21 bits per heavy atom. The van der Waals surface area contributed by atoms with Gasteiger partial charge in [0, 0.05) is 27.8 Å². The number of aryl methyl sites for hydroxylation is 1. The molecule has 0 atom stereocenters. The van der Waals surface area contributed by atoms with E-state index in [1.165, 1.54) is 12.3 Å². The van der Waals surface area contributed by atoms with Crippen molar-refractivity contribution in [1.82, 2.24) is 9.97 Å². The molecule has 168 valence electrons. The van der Waals surface area contributed by atoms with Gasteiger partial charge in [0.25, 0.3) is 5.91 Å². The summed E-state index contributed by atoms with van der Waals surface area (Å²) in [4.78, 5) is 20.9. The van der Waals surface area contributed by atoms with Crippen LogP contribution in [0.25, 0.3) is 22.4 Å². The number of hydrogen-bond acceptors (Lipinski definition) is 5. The van der Waals surface area contributed by atoms with Crippen molar-refractivity contribution in [3.8, 4) is 28.1 Å². The lowest BCUT2D eigenvalue weighted by atomic mass is 9.99. The average Bonchev–Trinajstić information content (AvgIpc) is 3.26. The number of amides is 1. The zero-order valence-corrected chi connectivity index (χ0v) is 19.2. The Morgan fingerprint density at radius 3 is 2.73 bits per heavy atom. The lowest BCUT2D eigenvalue weighted by Crippen LogP contribution is -2.11. The smallest absolute Gasteiger partial charge is 0.258 e. The Bertz CT molecular complexity index is 1300. The molecule has 0 aliphatic rings. The number of furan rings is 1. The fourth-order valence-electron chi connectivity index (χ4n) is 3.39. The lowest BCUT2D eigenvalue weighted by Gasteiger charge is -2.15. The molecule has 0 aliphatic carbocycles. The zero-order chi connectivity index (χ0) is 23.5. The first-order valence-electron chi connectivity index (χ1n) is 9.97. The second kappa shape index (κ2) is 9.60. The number of rotatable bonds is 6. The summed E-state index contributed by atoms with van der Waals surface area (Å²) in [7, 11) is 0. The molecule has 1 aromatic carbocycles. The van der Waals surface area contributed by atoms with E-state index < -0.39 is 5.95 Å². The van der Waals surface area contributed by atoms with Crippen LogP contribution in [0.15, 0.2) is 59.3 Å². The summed E-state index contributed by atoms with van der Waals surface area (Å²) < 4.78 is 24.6. The van der Waals surface area contributed by atoms with Gasteiger partial charge in [-0.1, -0.05) is 23.2 Å². The number of nitrogens with one attached hydrogen (secondary N) is 1. The quantitative estimate of drug-likeness (QED) is 0.303. The van der Waals surface area contributed by atoms with Gasteiger partial charge in [0.15, 0.2) is 5.88 Å². The topological polar surface area (TPSA) is 77.2 Å². The van der Waals surface area contributed by atoms with Gasteiger partial charge in [-0.05, 0) is 61.4 Å². The van der Waals surface area contributed by atoms with Crippen molar-refractivity contribution in [2.24, 2.45) is 0 Å². The van der Waals surface area contributed by atoms with Crippen molar-refractivity contribution < 1.29 is 18.3 Å². The monoisotopic (exact) mass is 485 g/mol. The Labute approximate surface area is 199 Å². The van der Waals surface area contributed by atoms with E-state index in [2.05, 4.69) is 15.3 Å². The van der Waals surface area contributed by atoms with Crippen LogP contribution in [0.3, 0.4) is 0 Å². The van der Waals surface area contributed by atoms with Gasteiger partial charge in [-0.25, -0.2) is 4.98 Å². The third-order valence-electron chi connectivity index (χ3n) is 4.79. The van der Waals surface area contributed by atoms with Crippen molar-refractivity contribution in [2.45, 2.75) is 13.8 Å². The lowest BCUT2D eigenvalue weighted by molar-refractivity contribution is 0.102. The van der Waals surface area contributed by atoms with E-state index in [1.807, 2.05) is 6.92 Å². The molecule has 3 aromatic heterocycles. The largest absolute Gasteiger partial charge is 0.492 e. The first kappa shape index (κ1) is 22.8. The fraction of sp³-hybridized carbons (Fsp3) is 0.125. The van der Waals surface area contributed by atoms with Gasteiger partial charge in [0.1, 0.15) is 10.9 Å². The molecule has 0 radical (unpaired) electrons. The number of hydrogen-bond donors (Lipinski definition) is 1. The Hall–Kier alpha value is -3.42. The molecule has 0 saturated carbocycles. The molecular formula is C24H18Cl2FN3O3. The maximum absolute atomic E-state index is 13.6. The van der Waals surface area contributed by atoms with Crippen molar-refractivity contribution >= 4 is 35.0 Å². The SMILES string of the molecule is CCOc1cnc(-c2c(C)cc(F)nc2Cl)cc1-c1cc(Cl)cc(C(=O)Nc2ccco2)c1. The number of anilines is 1. The van der Waals surface area contributed by atoms with Gasteiger partial charge >= 0.3 is 0 Å². The van der Waals surface area contributed by atoms with Crippen LogP contribution >= 0.6 is 23.2 Å². The Balaban J connectivity index is 1.81. The first-order valence-corrected chi connectivity index (χ1v) is 10.7. The molecule has 0 bridgehead atoms. The van der Waals surface area contributed by atoms with Crippen LogP contribution in [0.1, 0.15) is 22.8 Å². The fourth-order valence-corrected chi connectivity index (χ4v) is 3.95. The highest BCUT2D eigenvalue weighted by Gasteiger charge is 2.18. The predicted molar refractivity (Wildman–Crippen MR) is 125 cm³/mol. The molecule has 0 saturated heterocycles. The van der Waals surface area contributed by atoms with Gasteiger partial charge in [0.05, 0.1) is 24.8 Å². The van der Waals surface area contributed by atoms with Crippen molar-refractivity contribution in [1.29, 1.82) is 0 Å². The molecule has 0 spiro atoms. The van der Waals surface area contributed by atoms with Crippen molar-refractivity contribution in [2.75, 3.05) is 11.9 Å². The van der Waals surface area contributed by atoms with E-state index in [0.29, 0.717) is 56.8 Å². The summed E-state index contributed by atoms with van der Waals surface area (Å²) in [5.41, 5.74) is 3.15. The van der Waals surface area contributed by atoms with Crippen LogP contribution in [-0.2, 0) is 0 Å². The number of ether oxygens (including phenoxy) is 1. The summed E-state index contributed by atoms with van der Waals surface area (Å²) in [5, 5.41) is 3.03. The van der Waals surface area contributed by atoms with E-state index >= 15 is 0 Å². The summed E-state index contributed by atoms with van der Waals surface area (Å²) in [6, 6.07) is 11.3. The second-order valence-electron chi connectivity index (χ2n) is 7.09. The van der Waals surface area contributed by atoms with Crippen LogP contribution < -0.4 is 10.1 Å². The molecule has 9 heteroatoms. The highest BCUT2D eigenvalue weighted by atomic mass is 35.5. The van der Waals surface area contributed by atoms with Gasteiger partial charge in [-0.3, -0.25) is 15.1 Å². The molecule has 6 nitrogen and oxygen atoms in total. The van der Waals surface area contributed by atoms with Gasteiger partial charge in [-0.15, -0.1) is 0 Å². The molecule has 4 rings (SSSR count). The van der Waals surface area contributed by atoms with E-state index in [-0.39, 0.29) is 11.1 Å². The van der Waals surface area contributed by atoms with E-state index in [0.717, 1.165) is 0 Å². The summed E-state index contributed by atoms with van der Waals surface area (Å²) >= 11 is 12.6. The molecule has 0 unspecified atom stereocenters. The second-order valence-corrected chi connectivity index (χ2v) is 7.88. The summed E-state index contributed by atoms with van der Waals surface area (Å²) in [6.45, 7) is 3.97. The average molecular weight is 486 g/mol. The molecule has 1 N–H and O–H groups in total. The predicted octanol–water partition coefficient (Wildman–Crippen LogP) is 6.81. The van der Waals surface area contributed by atoms with Gasteiger partial charge < -0.3 is 9.15 Å². The number of benzene rings is 1. The Morgan fingerprint density at radius 2 is 2.03 bits per heavy atom. The van der Waals surface area contributed by atoms with Crippen LogP contribution in [0, 0.1) is 12.9 Å².